The number of hydrogen-bond donors (Lipinski definition) is 1. The van der Waals surface area contributed by atoms with Gasteiger partial charge in [0.05, 0.1) is 0 Å². The van der Waals surface area contributed by atoms with Crippen LogP contribution in [-0.4, -0.2) is 12.1 Å². The zero-order valence-electron chi connectivity index (χ0n) is 8.52. The van der Waals surface area contributed by atoms with Crippen LogP contribution in [0.2, 0.25) is 5.02 Å². The molecule has 76 valence electrons. The molecule has 1 saturated heterocycles. The smallest absolute Gasteiger partial charge is 0.0438 e. The van der Waals surface area contributed by atoms with Gasteiger partial charge >= 0.3 is 0 Å². The molecule has 1 aromatic rings. The third kappa shape index (κ3) is 2.10. The van der Waals surface area contributed by atoms with E-state index in [1.165, 1.54) is 18.4 Å². The molecule has 1 nitrogen and oxygen atoms in total. The van der Waals surface area contributed by atoms with Gasteiger partial charge in [0.15, 0.2) is 0 Å². The van der Waals surface area contributed by atoms with Crippen molar-refractivity contribution in [2.45, 2.75) is 31.7 Å². The van der Waals surface area contributed by atoms with Gasteiger partial charge in [-0.3, -0.25) is 0 Å². The van der Waals surface area contributed by atoms with Gasteiger partial charge in [0.2, 0.25) is 0 Å². The third-order valence-electron chi connectivity index (χ3n) is 3.00. The van der Waals surface area contributed by atoms with Crippen LogP contribution in [0.25, 0.3) is 0 Å². The van der Waals surface area contributed by atoms with Gasteiger partial charge in [0.25, 0.3) is 0 Å². The Morgan fingerprint density at radius 1 is 1.43 bits per heavy atom. The van der Waals surface area contributed by atoms with Crippen molar-refractivity contribution in [1.29, 1.82) is 0 Å². The van der Waals surface area contributed by atoms with Crippen LogP contribution in [0.3, 0.4) is 0 Å². The first-order valence-corrected chi connectivity index (χ1v) is 5.56. The van der Waals surface area contributed by atoms with Crippen LogP contribution in [-0.2, 0) is 6.42 Å². The molecule has 1 aromatic carbocycles. The Balaban J connectivity index is 2.14. The monoisotopic (exact) mass is 209 g/mol. The van der Waals surface area contributed by atoms with Gasteiger partial charge < -0.3 is 5.32 Å². The molecule has 0 amide bonds. The summed E-state index contributed by atoms with van der Waals surface area (Å²) in [6.45, 7) is 3.42. The van der Waals surface area contributed by atoms with E-state index in [0.29, 0.717) is 0 Å². The molecule has 1 heterocycles. The minimum absolute atomic E-state index is 0.255. The second kappa shape index (κ2) is 3.92. The highest BCUT2D eigenvalue weighted by molar-refractivity contribution is 6.31. The van der Waals surface area contributed by atoms with Crippen molar-refractivity contribution in [2.75, 3.05) is 6.54 Å². The van der Waals surface area contributed by atoms with E-state index in [-0.39, 0.29) is 5.54 Å². The molecule has 1 aliphatic heterocycles. The maximum Gasteiger partial charge on any atom is 0.0438 e. The van der Waals surface area contributed by atoms with Crippen LogP contribution in [0.1, 0.15) is 25.3 Å². The second-order valence-electron chi connectivity index (χ2n) is 4.36. The highest BCUT2D eigenvalue weighted by Gasteiger charge is 2.28. The van der Waals surface area contributed by atoms with Crippen molar-refractivity contribution in [3.63, 3.8) is 0 Å². The van der Waals surface area contributed by atoms with Crippen molar-refractivity contribution in [2.24, 2.45) is 0 Å². The summed E-state index contributed by atoms with van der Waals surface area (Å²) in [6.07, 6.45) is 3.56. The highest BCUT2D eigenvalue weighted by Crippen LogP contribution is 2.26. The number of rotatable bonds is 2. The van der Waals surface area contributed by atoms with Crippen molar-refractivity contribution < 1.29 is 0 Å². The second-order valence-corrected chi connectivity index (χ2v) is 4.77. The molecule has 0 radical (unpaired) electrons. The lowest BCUT2D eigenvalue weighted by molar-refractivity contribution is 0.413. The molecule has 14 heavy (non-hydrogen) atoms. The predicted molar refractivity (Wildman–Crippen MR) is 60.8 cm³/mol. The topological polar surface area (TPSA) is 12.0 Å². The Labute approximate surface area is 90.5 Å². The van der Waals surface area contributed by atoms with Crippen LogP contribution in [0.5, 0.6) is 0 Å². The molecule has 1 aliphatic rings. The highest BCUT2D eigenvalue weighted by atomic mass is 35.5. The molecular weight excluding hydrogens is 194 g/mol. The van der Waals surface area contributed by atoms with Crippen LogP contribution >= 0.6 is 11.6 Å². The fourth-order valence-corrected chi connectivity index (χ4v) is 2.37. The van der Waals surface area contributed by atoms with E-state index in [1.807, 2.05) is 12.1 Å². The van der Waals surface area contributed by atoms with Gasteiger partial charge in [0.1, 0.15) is 0 Å². The SMILES string of the molecule is C[C@@]1(Cc2ccccc2Cl)CCCN1. The van der Waals surface area contributed by atoms with Crippen LogP contribution in [0.4, 0.5) is 0 Å². The summed E-state index contributed by atoms with van der Waals surface area (Å²) in [5, 5.41) is 4.44. The first kappa shape index (κ1) is 10.0. The van der Waals surface area contributed by atoms with Crippen molar-refractivity contribution >= 4 is 11.6 Å². The first-order chi connectivity index (χ1) is 6.70. The Morgan fingerprint density at radius 2 is 2.21 bits per heavy atom. The van der Waals surface area contributed by atoms with Crippen LogP contribution in [0, 0.1) is 0 Å². The summed E-state index contributed by atoms with van der Waals surface area (Å²) < 4.78 is 0. The zero-order valence-corrected chi connectivity index (χ0v) is 9.27. The number of benzene rings is 1. The standard InChI is InChI=1S/C12H16ClN/c1-12(7-4-8-14-12)9-10-5-2-3-6-11(10)13/h2-3,5-6,14H,4,7-9H2,1H3/t12-/m0/s1. The van der Waals surface area contributed by atoms with E-state index in [2.05, 4.69) is 24.4 Å². The average Bonchev–Trinajstić information content (AvgIpc) is 2.57. The molecule has 1 atom stereocenters. The van der Waals surface area contributed by atoms with Crippen molar-refractivity contribution in [1.82, 2.24) is 5.32 Å². The lowest BCUT2D eigenvalue weighted by atomic mass is 9.91. The van der Waals surface area contributed by atoms with Gasteiger partial charge in [-0.05, 0) is 44.4 Å². The van der Waals surface area contributed by atoms with E-state index in [9.17, 15) is 0 Å². The minimum atomic E-state index is 0.255. The van der Waals surface area contributed by atoms with E-state index >= 15 is 0 Å². The van der Waals surface area contributed by atoms with Gasteiger partial charge in [-0.1, -0.05) is 29.8 Å². The molecule has 1 fully saturated rings. The normalized spacial score (nSPS) is 26.7. The fourth-order valence-electron chi connectivity index (χ4n) is 2.17. The van der Waals surface area contributed by atoms with E-state index < -0.39 is 0 Å². The number of halogens is 1. The van der Waals surface area contributed by atoms with Crippen LogP contribution in [0.15, 0.2) is 24.3 Å². The predicted octanol–water partition coefficient (Wildman–Crippen LogP) is 3.02. The van der Waals surface area contributed by atoms with Gasteiger partial charge in [-0.15, -0.1) is 0 Å². The quantitative estimate of drug-likeness (QED) is 0.790. The van der Waals surface area contributed by atoms with Gasteiger partial charge in [-0.25, -0.2) is 0 Å². The lowest BCUT2D eigenvalue weighted by Gasteiger charge is -2.24. The average molecular weight is 210 g/mol. The summed E-state index contributed by atoms with van der Waals surface area (Å²) in [4.78, 5) is 0. The van der Waals surface area contributed by atoms with Crippen molar-refractivity contribution in [3.8, 4) is 0 Å². The fraction of sp³-hybridized carbons (Fsp3) is 0.500. The molecule has 0 aromatic heterocycles. The third-order valence-corrected chi connectivity index (χ3v) is 3.36. The Hall–Kier alpha value is -0.530. The van der Waals surface area contributed by atoms with E-state index in [0.717, 1.165) is 18.0 Å². The largest absolute Gasteiger partial charge is 0.311 e. The Morgan fingerprint density at radius 3 is 2.86 bits per heavy atom. The minimum Gasteiger partial charge on any atom is -0.311 e. The van der Waals surface area contributed by atoms with E-state index in [4.69, 9.17) is 11.6 Å². The Bertz CT molecular complexity index is 316. The molecule has 0 saturated carbocycles. The molecule has 0 spiro atoms. The zero-order chi connectivity index (χ0) is 10.0. The number of hydrogen-bond acceptors (Lipinski definition) is 1. The molecule has 1 N–H and O–H groups in total. The summed E-state index contributed by atoms with van der Waals surface area (Å²) in [5.41, 5.74) is 1.51. The van der Waals surface area contributed by atoms with Gasteiger partial charge in [0, 0.05) is 10.6 Å². The Kier molecular flexibility index (Phi) is 2.80. The molecular formula is C12H16ClN. The maximum atomic E-state index is 6.14. The molecule has 2 rings (SSSR count). The van der Waals surface area contributed by atoms with E-state index in [1.54, 1.807) is 0 Å². The van der Waals surface area contributed by atoms with Crippen LogP contribution < -0.4 is 5.32 Å². The first-order valence-electron chi connectivity index (χ1n) is 5.18. The molecule has 2 heteroatoms. The lowest BCUT2D eigenvalue weighted by Crippen LogP contribution is -2.38. The molecule has 0 unspecified atom stereocenters. The van der Waals surface area contributed by atoms with Gasteiger partial charge in [-0.2, -0.15) is 0 Å². The summed E-state index contributed by atoms with van der Waals surface area (Å²) in [7, 11) is 0. The molecule has 0 aliphatic carbocycles. The van der Waals surface area contributed by atoms with Crippen molar-refractivity contribution in [3.05, 3.63) is 34.9 Å². The summed E-state index contributed by atoms with van der Waals surface area (Å²) in [6, 6.07) is 8.12. The summed E-state index contributed by atoms with van der Waals surface area (Å²) in [5.74, 6) is 0. The maximum absolute atomic E-state index is 6.14. The summed E-state index contributed by atoms with van der Waals surface area (Å²) >= 11 is 6.14. The number of nitrogens with one attached hydrogen (secondary N) is 1. The molecule has 0 bridgehead atoms.